The summed E-state index contributed by atoms with van der Waals surface area (Å²) in [5, 5.41) is 9.00. The highest BCUT2D eigenvalue weighted by Gasteiger charge is 2.04. The molecule has 1 aromatic heterocycles. The van der Waals surface area contributed by atoms with Crippen molar-refractivity contribution in [2.45, 2.75) is 5.88 Å². The molecule has 0 N–H and O–H groups in total. The van der Waals surface area contributed by atoms with Gasteiger partial charge in [0.2, 0.25) is 0 Å². The first-order valence-electron chi connectivity index (χ1n) is 4.09. The molecule has 0 aliphatic carbocycles. The summed E-state index contributed by atoms with van der Waals surface area (Å²) in [4.78, 5) is 0. The minimum atomic E-state index is 0.369. The maximum absolute atomic E-state index is 5.62. The summed E-state index contributed by atoms with van der Waals surface area (Å²) in [5.41, 5.74) is 0. The molecule has 2 rings (SSSR count). The van der Waals surface area contributed by atoms with Gasteiger partial charge in [-0.05, 0) is 46.9 Å². The summed E-state index contributed by atoms with van der Waals surface area (Å²) >= 11 is 9.21. The largest absolute Gasteiger partial charge is 0.430 e. The fourth-order valence-corrected chi connectivity index (χ4v) is 2.07. The molecule has 3 nitrogen and oxygen atoms in total. The third-order valence-corrected chi connectivity index (χ3v) is 3.51. The van der Waals surface area contributed by atoms with Crippen molar-refractivity contribution in [1.82, 2.24) is 10.2 Å². The van der Waals surface area contributed by atoms with Crippen molar-refractivity contribution in [2.24, 2.45) is 0 Å². The average molecular weight is 353 g/mol. The molecule has 0 fully saturated rings. The molecule has 0 unspecified atom stereocenters. The highest BCUT2D eigenvalue weighted by Crippen LogP contribution is 2.25. The number of hydrogen-bond donors (Lipinski definition) is 0. The highest BCUT2D eigenvalue weighted by molar-refractivity contribution is 14.1. The maximum atomic E-state index is 5.62. The van der Waals surface area contributed by atoms with E-state index in [0.29, 0.717) is 11.1 Å². The van der Waals surface area contributed by atoms with Gasteiger partial charge in [0.1, 0.15) is 10.8 Å². The number of rotatable bonds is 3. The van der Waals surface area contributed by atoms with Crippen LogP contribution in [0.25, 0.3) is 0 Å². The Labute approximate surface area is 110 Å². The van der Waals surface area contributed by atoms with E-state index in [0.717, 1.165) is 10.8 Å². The minimum absolute atomic E-state index is 0.369. The summed E-state index contributed by atoms with van der Waals surface area (Å²) in [7, 11) is 0. The number of nitrogens with zero attached hydrogens (tertiary/aromatic N) is 2. The van der Waals surface area contributed by atoms with Crippen LogP contribution in [0.3, 0.4) is 0 Å². The quantitative estimate of drug-likeness (QED) is 0.624. The van der Waals surface area contributed by atoms with Gasteiger partial charge < -0.3 is 4.74 Å². The molecular weight excluding hydrogens is 347 g/mol. The van der Waals surface area contributed by atoms with Crippen LogP contribution in [0.2, 0.25) is 0 Å². The summed E-state index contributed by atoms with van der Waals surface area (Å²) in [6.45, 7) is 0. The van der Waals surface area contributed by atoms with Crippen molar-refractivity contribution in [1.29, 1.82) is 0 Å². The van der Waals surface area contributed by atoms with Crippen LogP contribution in [0.5, 0.6) is 10.9 Å². The minimum Gasteiger partial charge on any atom is -0.430 e. The standard InChI is InChI=1S/C9H6ClIN2OS/c10-5-8-12-13-9(15-8)14-7-3-1-6(11)2-4-7/h1-4H,5H2. The van der Waals surface area contributed by atoms with Gasteiger partial charge in [-0.1, -0.05) is 16.4 Å². The maximum Gasteiger partial charge on any atom is 0.299 e. The van der Waals surface area contributed by atoms with Gasteiger partial charge in [-0.25, -0.2) is 0 Å². The van der Waals surface area contributed by atoms with Crippen LogP contribution in [-0.4, -0.2) is 10.2 Å². The Hall–Kier alpha value is -0.400. The predicted octanol–water partition coefficient (Wildman–Crippen LogP) is 3.67. The van der Waals surface area contributed by atoms with Crippen molar-refractivity contribution in [2.75, 3.05) is 0 Å². The lowest BCUT2D eigenvalue weighted by Crippen LogP contribution is -1.83. The smallest absolute Gasteiger partial charge is 0.299 e. The fraction of sp³-hybridized carbons (Fsp3) is 0.111. The molecule has 0 aliphatic heterocycles. The number of halogens is 2. The second kappa shape index (κ2) is 5.09. The predicted molar refractivity (Wildman–Crippen MR) is 68.7 cm³/mol. The SMILES string of the molecule is ClCc1nnc(Oc2ccc(I)cc2)s1. The molecule has 0 bridgehead atoms. The van der Waals surface area contributed by atoms with E-state index in [1.807, 2.05) is 24.3 Å². The first kappa shape index (κ1) is 11.1. The normalized spacial score (nSPS) is 10.3. The summed E-state index contributed by atoms with van der Waals surface area (Å²) in [6.07, 6.45) is 0. The molecule has 78 valence electrons. The molecule has 1 aromatic carbocycles. The molecule has 2 aromatic rings. The van der Waals surface area contributed by atoms with E-state index in [9.17, 15) is 0 Å². The number of alkyl halides is 1. The molecule has 0 amide bonds. The monoisotopic (exact) mass is 352 g/mol. The number of ether oxygens (including phenoxy) is 1. The zero-order chi connectivity index (χ0) is 10.7. The lowest BCUT2D eigenvalue weighted by molar-refractivity contribution is 0.473. The van der Waals surface area contributed by atoms with Crippen LogP contribution < -0.4 is 4.74 Å². The van der Waals surface area contributed by atoms with Gasteiger partial charge in [-0.15, -0.1) is 16.7 Å². The summed E-state index contributed by atoms with van der Waals surface area (Å²) in [5.74, 6) is 1.13. The number of benzene rings is 1. The van der Waals surface area contributed by atoms with Gasteiger partial charge in [0.15, 0.2) is 0 Å². The van der Waals surface area contributed by atoms with E-state index >= 15 is 0 Å². The molecule has 0 saturated carbocycles. The van der Waals surface area contributed by atoms with Gasteiger partial charge in [0.05, 0.1) is 5.88 Å². The van der Waals surface area contributed by atoms with Crippen LogP contribution in [0.4, 0.5) is 0 Å². The average Bonchev–Trinajstić information content (AvgIpc) is 2.69. The Balaban J connectivity index is 2.11. The first-order chi connectivity index (χ1) is 7.28. The van der Waals surface area contributed by atoms with E-state index < -0.39 is 0 Å². The second-order valence-electron chi connectivity index (χ2n) is 2.65. The summed E-state index contributed by atoms with van der Waals surface area (Å²) < 4.78 is 6.66. The van der Waals surface area contributed by atoms with Gasteiger partial charge >= 0.3 is 0 Å². The van der Waals surface area contributed by atoms with Gasteiger partial charge in [-0.2, -0.15) is 0 Å². The van der Waals surface area contributed by atoms with Crippen molar-refractivity contribution < 1.29 is 4.74 Å². The van der Waals surface area contributed by atoms with E-state index in [1.54, 1.807) is 0 Å². The van der Waals surface area contributed by atoms with Crippen LogP contribution in [0, 0.1) is 3.57 Å². The Bertz CT molecular complexity index is 446. The Morgan fingerprint density at radius 1 is 1.27 bits per heavy atom. The third-order valence-electron chi connectivity index (χ3n) is 1.58. The van der Waals surface area contributed by atoms with Crippen molar-refractivity contribution in [3.63, 3.8) is 0 Å². The Morgan fingerprint density at radius 2 is 2.00 bits per heavy atom. The molecule has 0 spiro atoms. The van der Waals surface area contributed by atoms with Crippen molar-refractivity contribution >= 4 is 45.5 Å². The molecule has 0 aliphatic rings. The van der Waals surface area contributed by atoms with Crippen LogP contribution in [0.15, 0.2) is 24.3 Å². The van der Waals surface area contributed by atoms with E-state index in [4.69, 9.17) is 16.3 Å². The molecule has 15 heavy (non-hydrogen) atoms. The Morgan fingerprint density at radius 3 is 2.60 bits per heavy atom. The molecule has 1 heterocycles. The lowest BCUT2D eigenvalue weighted by Gasteiger charge is -1.99. The second-order valence-corrected chi connectivity index (χ2v) is 5.19. The number of hydrogen-bond acceptors (Lipinski definition) is 4. The zero-order valence-corrected chi connectivity index (χ0v) is 11.2. The molecule has 0 radical (unpaired) electrons. The van der Waals surface area contributed by atoms with Crippen LogP contribution >= 0.6 is 45.5 Å². The van der Waals surface area contributed by atoms with Crippen LogP contribution in [-0.2, 0) is 5.88 Å². The Kier molecular flexibility index (Phi) is 3.76. The first-order valence-corrected chi connectivity index (χ1v) is 6.52. The van der Waals surface area contributed by atoms with E-state index in [-0.39, 0.29) is 0 Å². The van der Waals surface area contributed by atoms with Gasteiger partial charge in [0, 0.05) is 3.57 Å². The van der Waals surface area contributed by atoms with E-state index in [2.05, 4.69) is 32.8 Å². The topological polar surface area (TPSA) is 35.0 Å². The molecule has 6 heteroatoms. The lowest BCUT2D eigenvalue weighted by atomic mass is 10.3. The molecule has 0 atom stereocenters. The number of aromatic nitrogens is 2. The van der Waals surface area contributed by atoms with E-state index in [1.165, 1.54) is 14.9 Å². The highest BCUT2D eigenvalue weighted by atomic mass is 127. The molecule has 0 saturated heterocycles. The fourth-order valence-electron chi connectivity index (χ4n) is 0.937. The third kappa shape index (κ3) is 3.02. The van der Waals surface area contributed by atoms with Crippen LogP contribution in [0.1, 0.15) is 5.01 Å². The molecular formula is C9H6ClIN2OS. The van der Waals surface area contributed by atoms with Gasteiger partial charge in [0.25, 0.3) is 5.19 Å². The van der Waals surface area contributed by atoms with Crippen molar-refractivity contribution in [3.05, 3.63) is 32.8 Å². The zero-order valence-electron chi connectivity index (χ0n) is 7.48. The van der Waals surface area contributed by atoms with Crippen molar-refractivity contribution in [3.8, 4) is 10.9 Å². The van der Waals surface area contributed by atoms with Gasteiger partial charge in [-0.3, -0.25) is 0 Å². The summed E-state index contributed by atoms with van der Waals surface area (Å²) in [6, 6.07) is 7.73.